The van der Waals surface area contributed by atoms with Gasteiger partial charge in [0, 0.05) is 6.08 Å². The highest BCUT2D eigenvalue weighted by atomic mass is 16.7. The minimum Gasteiger partial charge on any atom is -0.454 e. The van der Waals surface area contributed by atoms with Crippen LogP contribution in [0.2, 0.25) is 0 Å². The number of nitro benzene ring substituents is 1. The molecule has 0 saturated carbocycles. The first-order chi connectivity index (χ1) is 14.4. The van der Waals surface area contributed by atoms with Gasteiger partial charge in [-0.05, 0) is 31.2 Å². The van der Waals surface area contributed by atoms with E-state index < -0.39 is 22.9 Å². The molecule has 0 saturated heterocycles. The lowest BCUT2D eigenvalue weighted by molar-refractivity contribution is -0.385. The fraction of sp³-hybridized carbons (Fsp3) is 0.150. The lowest BCUT2D eigenvalue weighted by atomic mass is 10.1. The highest BCUT2D eigenvalue weighted by Crippen LogP contribution is 2.38. The number of nitrogens with one attached hydrogen (secondary N) is 1. The molecule has 1 amide bonds. The van der Waals surface area contributed by atoms with E-state index in [1.54, 1.807) is 18.2 Å². The number of carbonyl (C=O) groups excluding carboxylic acids is 2. The number of ether oxygens (including phenoxy) is 3. The molecule has 1 atom stereocenters. The molecule has 0 fully saturated rings. The van der Waals surface area contributed by atoms with Crippen LogP contribution in [-0.2, 0) is 14.3 Å². The predicted octanol–water partition coefficient (Wildman–Crippen LogP) is 2.78. The van der Waals surface area contributed by atoms with Crippen LogP contribution in [0.3, 0.4) is 0 Å². The van der Waals surface area contributed by atoms with Gasteiger partial charge in [0.05, 0.1) is 27.8 Å². The van der Waals surface area contributed by atoms with Crippen LogP contribution in [0.5, 0.6) is 11.5 Å². The Balaban J connectivity index is 1.67. The van der Waals surface area contributed by atoms with Crippen molar-refractivity contribution >= 4 is 29.3 Å². The maximum atomic E-state index is 12.2. The molecular formula is C20H15N3O7. The zero-order chi connectivity index (χ0) is 21.7. The second-order valence-electron chi connectivity index (χ2n) is 6.08. The van der Waals surface area contributed by atoms with Gasteiger partial charge in [0.2, 0.25) is 6.79 Å². The van der Waals surface area contributed by atoms with Crippen molar-refractivity contribution in [3.8, 4) is 17.6 Å². The minimum atomic E-state index is -1.17. The zero-order valence-electron chi connectivity index (χ0n) is 15.7. The second-order valence-corrected chi connectivity index (χ2v) is 6.08. The third-order valence-corrected chi connectivity index (χ3v) is 4.09. The highest BCUT2D eigenvalue weighted by Gasteiger charge is 2.23. The van der Waals surface area contributed by atoms with E-state index in [0.717, 1.165) is 6.08 Å². The summed E-state index contributed by atoms with van der Waals surface area (Å²) in [5.74, 6) is -0.950. The van der Waals surface area contributed by atoms with Crippen molar-refractivity contribution in [2.45, 2.75) is 13.0 Å². The molecule has 1 aliphatic rings. The molecule has 3 rings (SSSR count). The molecule has 0 spiro atoms. The predicted molar refractivity (Wildman–Crippen MR) is 104 cm³/mol. The molecule has 0 aromatic heterocycles. The number of nitro groups is 1. The number of rotatable bonds is 6. The first kappa shape index (κ1) is 20.3. The molecule has 2 aromatic carbocycles. The quantitative estimate of drug-likeness (QED) is 0.332. The van der Waals surface area contributed by atoms with E-state index in [-0.39, 0.29) is 29.4 Å². The Hall–Kier alpha value is -4.39. The number of amides is 1. The Morgan fingerprint density at radius 1 is 1.30 bits per heavy atom. The van der Waals surface area contributed by atoms with Gasteiger partial charge in [-0.1, -0.05) is 12.1 Å². The van der Waals surface area contributed by atoms with Gasteiger partial charge in [0.25, 0.3) is 11.6 Å². The Bertz CT molecular complexity index is 1090. The summed E-state index contributed by atoms with van der Waals surface area (Å²) in [6, 6.07) is 10.9. The first-order valence-electron chi connectivity index (χ1n) is 8.65. The number of nitrogens with zero attached hydrogens (tertiary/aromatic N) is 2. The smallest absolute Gasteiger partial charge is 0.331 e. The largest absolute Gasteiger partial charge is 0.454 e. The van der Waals surface area contributed by atoms with Gasteiger partial charge in [0.15, 0.2) is 17.6 Å². The van der Waals surface area contributed by atoms with Gasteiger partial charge < -0.3 is 19.5 Å². The van der Waals surface area contributed by atoms with E-state index >= 15 is 0 Å². The molecule has 0 bridgehead atoms. The number of nitriles is 1. The molecular weight excluding hydrogens is 394 g/mol. The summed E-state index contributed by atoms with van der Waals surface area (Å²) in [5.41, 5.74) is 0.391. The second kappa shape index (κ2) is 8.74. The number of esters is 1. The third kappa shape index (κ3) is 4.53. The highest BCUT2D eigenvalue weighted by molar-refractivity contribution is 5.97. The van der Waals surface area contributed by atoms with E-state index in [1.807, 2.05) is 6.07 Å². The lowest BCUT2D eigenvalue weighted by Crippen LogP contribution is -2.29. The lowest BCUT2D eigenvalue weighted by Gasteiger charge is -2.13. The van der Waals surface area contributed by atoms with Crippen LogP contribution in [-0.4, -0.2) is 29.7 Å². The summed E-state index contributed by atoms with van der Waals surface area (Å²) in [6.07, 6.45) is 0.996. The number of benzene rings is 2. The molecule has 2 aromatic rings. The first-order valence-corrected chi connectivity index (χ1v) is 8.65. The van der Waals surface area contributed by atoms with Gasteiger partial charge in [-0.15, -0.1) is 0 Å². The maximum Gasteiger partial charge on any atom is 0.331 e. The van der Waals surface area contributed by atoms with Crippen LogP contribution >= 0.6 is 0 Å². The number of hydrogen-bond acceptors (Lipinski definition) is 8. The molecule has 10 nitrogen and oxygen atoms in total. The maximum absolute atomic E-state index is 12.2. The number of anilines is 1. The third-order valence-electron chi connectivity index (χ3n) is 4.09. The normalized spacial score (nSPS) is 12.8. The summed E-state index contributed by atoms with van der Waals surface area (Å²) in [6.45, 7) is 1.31. The van der Waals surface area contributed by atoms with Gasteiger partial charge in [-0.3, -0.25) is 14.9 Å². The van der Waals surface area contributed by atoms with Crippen molar-refractivity contribution in [2.75, 3.05) is 12.1 Å². The standard InChI is InChI=1S/C20H15N3O7/c1-12(20(25)22-15-5-3-2-4-14(15)10-21)30-19(24)7-6-13-8-17-18(29-11-28-17)9-16(13)23(26)27/h2-9,12H,11H2,1H3,(H,22,25)/b7-6+/t12-/m1/s1. The summed E-state index contributed by atoms with van der Waals surface area (Å²) < 4.78 is 15.3. The summed E-state index contributed by atoms with van der Waals surface area (Å²) in [5, 5.41) is 22.8. The monoisotopic (exact) mass is 409 g/mol. The topological polar surface area (TPSA) is 141 Å². The van der Waals surface area contributed by atoms with Crippen LogP contribution < -0.4 is 14.8 Å². The molecule has 30 heavy (non-hydrogen) atoms. The van der Waals surface area contributed by atoms with Gasteiger partial charge >= 0.3 is 5.97 Å². The molecule has 0 unspecified atom stereocenters. The van der Waals surface area contributed by atoms with E-state index in [4.69, 9.17) is 19.5 Å². The zero-order valence-corrected chi connectivity index (χ0v) is 15.7. The van der Waals surface area contributed by atoms with Gasteiger partial charge in [0.1, 0.15) is 6.07 Å². The Morgan fingerprint density at radius 2 is 2.00 bits per heavy atom. The van der Waals surface area contributed by atoms with E-state index in [2.05, 4.69) is 5.32 Å². The molecule has 1 heterocycles. The van der Waals surface area contributed by atoms with E-state index in [1.165, 1.54) is 31.2 Å². The Labute approximate surface area is 170 Å². The van der Waals surface area contributed by atoms with Gasteiger partial charge in [-0.2, -0.15) is 5.26 Å². The fourth-order valence-corrected chi connectivity index (χ4v) is 2.59. The van der Waals surface area contributed by atoms with Crippen LogP contribution in [0, 0.1) is 21.4 Å². The van der Waals surface area contributed by atoms with Crippen molar-refractivity contribution < 1.29 is 28.7 Å². The molecule has 1 N–H and O–H groups in total. The number of fused-ring (bicyclic) bond motifs is 1. The van der Waals surface area contributed by atoms with E-state index in [9.17, 15) is 19.7 Å². The number of hydrogen-bond donors (Lipinski definition) is 1. The van der Waals surface area contributed by atoms with Crippen molar-refractivity contribution in [2.24, 2.45) is 0 Å². The summed E-state index contributed by atoms with van der Waals surface area (Å²) in [7, 11) is 0. The van der Waals surface area contributed by atoms with Crippen molar-refractivity contribution in [3.05, 3.63) is 63.7 Å². The number of carbonyl (C=O) groups is 2. The van der Waals surface area contributed by atoms with Crippen LogP contribution in [0.15, 0.2) is 42.5 Å². The van der Waals surface area contributed by atoms with Crippen molar-refractivity contribution in [3.63, 3.8) is 0 Å². The fourth-order valence-electron chi connectivity index (χ4n) is 2.59. The van der Waals surface area contributed by atoms with E-state index in [0.29, 0.717) is 11.4 Å². The SMILES string of the molecule is C[C@@H](OC(=O)/C=C/c1cc2c(cc1[N+](=O)[O-])OCO2)C(=O)Nc1ccccc1C#N. The summed E-state index contributed by atoms with van der Waals surface area (Å²) in [4.78, 5) is 34.9. The molecule has 0 radical (unpaired) electrons. The average Bonchev–Trinajstić information content (AvgIpc) is 3.19. The van der Waals surface area contributed by atoms with Gasteiger partial charge in [-0.25, -0.2) is 4.79 Å². The molecule has 152 valence electrons. The van der Waals surface area contributed by atoms with Crippen LogP contribution in [0.4, 0.5) is 11.4 Å². The van der Waals surface area contributed by atoms with Crippen LogP contribution in [0.25, 0.3) is 6.08 Å². The summed E-state index contributed by atoms with van der Waals surface area (Å²) >= 11 is 0. The Kier molecular flexibility index (Phi) is 5.93. The molecule has 1 aliphatic heterocycles. The molecule has 10 heteroatoms. The average molecular weight is 409 g/mol. The van der Waals surface area contributed by atoms with Crippen LogP contribution in [0.1, 0.15) is 18.1 Å². The number of para-hydroxylation sites is 1. The van der Waals surface area contributed by atoms with Crippen molar-refractivity contribution in [1.82, 2.24) is 0 Å². The Morgan fingerprint density at radius 3 is 2.70 bits per heavy atom. The molecule has 0 aliphatic carbocycles. The van der Waals surface area contributed by atoms with Crippen molar-refractivity contribution in [1.29, 1.82) is 5.26 Å². The minimum absolute atomic E-state index is 0.0523.